The van der Waals surface area contributed by atoms with Gasteiger partial charge < -0.3 is 4.57 Å². The van der Waals surface area contributed by atoms with Crippen molar-refractivity contribution in [2.75, 3.05) is 5.01 Å². The second-order valence-electron chi connectivity index (χ2n) is 6.46. The minimum atomic E-state index is -0.615. The standard InChI is InChI=1S/C20H11Cl3N4O4/c21-11-6-12(22)8-15(7-11)26-20(29)16(19(28)24-26)9-13-2-1-5-25(13)14-3-4-17(23)18(10-14)27(30)31/h1-10H,(H,24,28)/b16-9-. The van der Waals surface area contributed by atoms with E-state index in [1.165, 1.54) is 36.4 Å². The molecule has 2 amide bonds. The summed E-state index contributed by atoms with van der Waals surface area (Å²) in [4.78, 5) is 36.0. The van der Waals surface area contributed by atoms with E-state index in [1.807, 2.05) is 0 Å². The second kappa shape index (κ2) is 8.07. The van der Waals surface area contributed by atoms with Gasteiger partial charge in [-0.05, 0) is 48.5 Å². The van der Waals surface area contributed by atoms with Crippen molar-refractivity contribution in [2.24, 2.45) is 0 Å². The van der Waals surface area contributed by atoms with E-state index in [2.05, 4.69) is 5.43 Å². The van der Waals surface area contributed by atoms with Crippen LogP contribution in [0.1, 0.15) is 5.69 Å². The molecule has 0 unspecified atom stereocenters. The maximum absolute atomic E-state index is 12.9. The van der Waals surface area contributed by atoms with E-state index in [0.29, 0.717) is 27.1 Å². The van der Waals surface area contributed by atoms with Gasteiger partial charge in [0.1, 0.15) is 10.6 Å². The Kier molecular flexibility index (Phi) is 5.45. The normalized spacial score (nSPS) is 14.9. The third-order valence-electron chi connectivity index (χ3n) is 4.47. The summed E-state index contributed by atoms with van der Waals surface area (Å²) in [5.74, 6) is -1.21. The van der Waals surface area contributed by atoms with E-state index in [9.17, 15) is 19.7 Å². The molecule has 1 fully saturated rings. The third-order valence-corrected chi connectivity index (χ3v) is 5.23. The Balaban J connectivity index is 1.72. The van der Waals surface area contributed by atoms with Crippen LogP contribution in [-0.2, 0) is 9.59 Å². The van der Waals surface area contributed by atoms with E-state index in [1.54, 1.807) is 29.0 Å². The number of nitrogens with zero attached hydrogens (tertiary/aromatic N) is 3. The summed E-state index contributed by atoms with van der Waals surface area (Å²) in [6.45, 7) is 0. The highest BCUT2D eigenvalue weighted by molar-refractivity contribution is 6.36. The lowest BCUT2D eigenvalue weighted by molar-refractivity contribution is -0.384. The number of aromatic nitrogens is 1. The highest BCUT2D eigenvalue weighted by Crippen LogP contribution is 2.30. The average molecular weight is 478 g/mol. The molecule has 3 aromatic rings. The monoisotopic (exact) mass is 476 g/mol. The largest absolute Gasteiger partial charge is 0.317 e. The van der Waals surface area contributed by atoms with Crippen molar-refractivity contribution in [1.29, 1.82) is 0 Å². The molecule has 1 N–H and O–H groups in total. The van der Waals surface area contributed by atoms with Gasteiger partial charge in [-0.25, -0.2) is 5.01 Å². The molecule has 4 rings (SSSR count). The van der Waals surface area contributed by atoms with Crippen LogP contribution in [-0.4, -0.2) is 21.3 Å². The van der Waals surface area contributed by atoms with Crippen LogP contribution in [0.3, 0.4) is 0 Å². The molecule has 8 nitrogen and oxygen atoms in total. The van der Waals surface area contributed by atoms with Crippen molar-refractivity contribution in [2.45, 2.75) is 0 Å². The lowest BCUT2D eigenvalue weighted by Crippen LogP contribution is -2.35. The Bertz CT molecular complexity index is 1260. The summed E-state index contributed by atoms with van der Waals surface area (Å²) in [7, 11) is 0. The molecule has 0 atom stereocenters. The number of nitrogens with one attached hydrogen (secondary N) is 1. The third kappa shape index (κ3) is 4.00. The van der Waals surface area contributed by atoms with E-state index in [0.717, 1.165) is 5.01 Å². The number of hydrazine groups is 1. The number of hydrogen-bond donors (Lipinski definition) is 1. The van der Waals surface area contributed by atoms with Crippen molar-refractivity contribution in [1.82, 2.24) is 9.99 Å². The van der Waals surface area contributed by atoms with Crippen LogP contribution in [0.15, 0.2) is 60.3 Å². The van der Waals surface area contributed by atoms with Gasteiger partial charge in [-0.15, -0.1) is 0 Å². The number of carbonyl (C=O) groups is 2. The number of amides is 2. The van der Waals surface area contributed by atoms with Crippen molar-refractivity contribution in [3.63, 3.8) is 0 Å². The number of nitro benzene ring substituents is 1. The van der Waals surface area contributed by atoms with Gasteiger partial charge in [0.25, 0.3) is 17.5 Å². The maximum atomic E-state index is 12.9. The first-order chi connectivity index (χ1) is 14.7. The van der Waals surface area contributed by atoms with Gasteiger partial charge in [0.15, 0.2) is 0 Å². The number of nitro groups is 1. The summed E-state index contributed by atoms with van der Waals surface area (Å²) in [5, 5.41) is 12.9. The van der Waals surface area contributed by atoms with Gasteiger partial charge >= 0.3 is 0 Å². The van der Waals surface area contributed by atoms with Gasteiger partial charge in [0, 0.05) is 28.0 Å². The van der Waals surface area contributed by atoms with Crippen molar-refractivity contribution >= 4 is 64.1 Å². The van der Waals surface area contributed by atoms with Gasteiger partial charge in [-0.1, -0.05) is 34.8 Å². The van der Waals surface area contributed by atoms with Crippen LogP contribution in [0.5, 0.6) is 0 Å². The Labute approximate surface area is 190 Å². The summed E-state index contributed by atoms with van der Waals surface area (Å²) in [6.07, 6.45) is 3.04. The number of anilines is 1. The molecule has 2 aromatic carbocycles. The molecular weight excluding hydrogens is 467 g/mol. The Morgan fingerprint density at radius 2 is 1.68 bits per heavy atom. The van der Waals surface area contributed by atoms with Crippen molar-refractivity contribution < 1.29 is 14.5 Å². The summed E-state index contributed by atoms with van der Waals surface area (Å²) in [6, 6.07) is 12.1. The molecule has 0 aliphatic carbocycles. The van der Waals surface area contributed by atoms with Crippen molar-refractivity contribution in [3.8, 4) is 5.69 Å². The first-order valence-corrected chi connectivity index (χ1v) is 9.83. The van der Waals surface area contributed by atoms with Gasteiger partial charge in [-0.3, -0.25) is 25.1 Å². The predicted octanol–water partition coefficient (Wildman–Crippen LogP) is 4.81. The molecule has 0 bridgehead atoms. The molecule has 1 aliphatic heterocycles. The lowest BCUT2D eigenvalue weighted by atomic mass is 10.2. The zero-order valence-electron chi connectivity index (χ0n) is 15.4. The molecule has 0 saturated carbocycles. The molecule has 2 heterocycles. The molecular formula is C20H11Cl3N4O4. The van der Waals surface area contributed by atoms with Crippen LogP contribution in [0.25, 0.3) is 11.8 Å². The quantitative estimate of drug-likeness (QED) is 0.252. The highest BCUT2D eigenvalue weighted by atomic mass is 35.5. The topological polar surface area (TPSA) is 97.5 Å². The maximum Gasteiger partial charge on any atom is 0.289 e. The van der Waals surface area contributed by atoms with E-state index >= 15 is 0 Å². The van der Waals surface area contributed by atoms with E-state index in [-0.39, 0.29) is 16.3 Å². The Morgan fingerprint density at radius 3 is 2.35 bits per heavy atom. The molecule has 1 aliphatic rings. The minimum absolute atomic E-state index is 0.00184. The molecule has 156 valence electrons. The molecule has 11 heteroatoms. The zero-order valence-corrected chi connectivity index (χ0v) is 17.6. The van der Waals surface area contributed by atoms with E-state index in [4.69, 9.17) is 34.8 Å². The zero-order chi connectivity index (χ0) is 22.3. The van der Waals surface area contributed by atoms with E-state index < -0.39 is 16.7 Å². The van der Waals surface area contributed by atoms with Crippen LogP contribution in [0.2, 0.25) is 15.1 Å². The number of rotatable bonds is 4. The molecule has 31 heavy (non-hydrogen) atoms. The molecule has 1 aromatic heterocycles. The van der Waals surface area contributed by atoms with Gasteiger partial charge in [0.05, 0.1) is 16.3 Å². The Morgan fingerprint density at radius 1 is 0.968 bits per heavy atom. The summed E-state index contributed by atoms with van der Waals surface area (Å²) < 4.78 is 1.59. The van der Waals surface area contributed by atoms with Gasteiger partial charge in [0.2, 0.25) is 0 Å². The minimum Gasteiger partial charge on any atom is -0.317 e. The fourth-order valence-electron chi connectivity index (χ4n) is 3.09. The summed E-state index contributed by atoms with van der Waals surface area (Å²) >= 11 is 17.9. The summed E-state index contributed by atoms with van der Waals surface area (Å²) in [5.41, 5.74) is 3.30. The fourth-order valence-corrected chi connectivity index (χ4v) is 3.79. The number of halogens is 3. The smallest absolute Gasteiger partial charge is 0.289 e. The first-order valence-electron chi connectivity index (χ1n) is 8.69. The highest BCUT2D eigenvalue weighted by Gasteiger charge is 2.35. The fraction of sp³-hybridized carbons (Fsp3) is 0. The predicted molar refractivity (Wildman–Crippen MR) is 118 cm³/mol. The van der Waals surface area contributed by atoms with Crippen LogP contribution >= 0.6 is 34.8 Å². The number of hydrogen-bond acceptors (Lipinski definition) is 4. The Hall–Kier alpha value is -3.33. The first kappa shape index (κ1) is 20.9. The molecule has 0 radical (unpaired) electrons. The van der Waals surface area contributed by atoms with Crippen LogP contribution in [0.4, 0.5) is 11.4 Å². The second-order valence-corrected chi connectivity index (χ2v) is 7.74. The van der Waals surface area contributed by atoms with Crippen LogP contribution < -0.4 is 10.4 Å². The lowest BCUT2D eigenvalue weighted by Gasteiger charge is -2.15. The molecule has 0 spiro atoms. The number of benzene rings is 2. The number of carbonyl (C=O) groups excluding carboxylic acids is 2. The van der Waals surface area contributed by atoms with Gasteiger partial charge in [-0.2, -0.15) is 0 Å². The van der Waals surface area contributed by atoms with Crippen molar-refractivity contribution in [3.05, 3.63) is 91.2 Å². The molecule has 1 saturated heterocycles. The SMILES string of the molecule is O=C1NN(c2cc(Cl)cc(Cl)c2)C(=O)/C1=C\c1cccn1-c1ccc(Cl)c([N+](=O)[O-])c1. The average Bonchev–Trinajstić information content (AvgIpc) is 3.27. The van der Waals surface area contributed by atoms with Crippen LogP contribution in [0, 0.1) is 10.1 Å².